The first-order valence-corrected chi connectivity index (χ1v) is 4.79. The van der Waals surface area contributed by atoms with Crippen molar-refractivity contribution in [1.29, 1.82) is 0 Å². The Hall–Kier alpha value is -0.520. The van der Waals surface area contributed by atoms with E-state index in [1.807, 2.05) is 0 Å². The summed E-state index contributed by atoms with van der Waals surface area (Å²) < 4.78 is 10.5. The van der Waals surface area contributed by atoms with Gasteiger partial charge >= 0.3 is 0 Å². The van der Waals surface area contributed by atoms with E-state index in [4.69, 9.17) is 9.47 Å². The van der Waals surface area contributed by atoms with Crippen LogP contribution in [-0.4, -0.2) is 35.2 Å². The van der Waals surface area contributed by atoms with Crippen LogP contribution in [-0.2, 0) is 9.47 Å². The molecule has 0 amide bonds. The van der Waals surface area contributed by atoms with E-state index in [1.54, 1.807) is 24.2 Å². The van der Waals surface area contributed by atoms with Gasteiger partial charge in [-0.05, 0) is 0 Å². The largest absolute Gasteiger partial charge is 0.349 e. The molecular formula is C7H10N2O2S. The van der Waals surface area contributed by atoms with Crippen LogP contribution in [0, 0.1) is 0 Å². The van der Waals surface area contributed by atoms with Crippen LogP contribution < -0.4 is 0 Å². The van der Waals surface area contributed by atoms with Crippen LogP contribution in [0.2, 0.25) is 0 Å². The highest BCUT2D eigenvalue weighted by Crippen LogP contribution is 2.16. The van der Waals surface area contributed by atoms with Gasteiger partial charge in [0.1, 0.15) is 0 Å². The standard InChI is InChI=1S/C7H10N2O2S/c1-2-9-7(8-1)12-5-6-10-3-4-11-6/h1-2,6H,3-5H2,(H,8,9). The normalized spacial score (nSPS) is 18.7. The van der Waals surface area contributed by atoms with Crippen molar-refractivity contribution in [2.24, 2.45) is 0 Å². The molecule has 0 radical (unpaired) electrons. The van der Waals surface area contributed by atoms with Gasteiger partial charge in [-0.1, -0.05) is 11.8 Å². The SMILES string of the molecule is c1c[nH]c(SCC2OCCO2)n1. The maximum Gasteiger partial charge on any atom is 0.167 e. The molecule has 0 spiro atoms. The summed E-state index contributed by atoms with van der Waals surface area (Å²) in [5, 5.41) is 0.911. The topological polar surface area (TPSA) is 47.1 Å². The first kappa shape index (κ1) is 8.10. The first-order valence-electron chi connectivity index (χ1n) is 3.80. The fourth-order valence-electron chi connectivity index (χ4n) is 0.980. The summed E-state index contributed by atoms with van der Waals surface area (Å²) in [6.07, 6.45) is 3.48. The number of H-pyrrole nitrogens is 1. The van der Waals surface area contributed by atoms with Gasteiger partial charge in [0, 0.05) is 12.4 Å². The number of nitrogens with zero attached hydrogens (tertiary/aromatic N) is 1. The Balaban J connectivity index is 1.74. The Morgan fingerprint density at radius 3 is 3.08 bits per heavy atom. The molecule has 0 atom stereocenters. The summed E-state index contributed by atoms with van der Waals surface area (Å²) in [6, 6.07) is 0. The summed E-state index contributed by atoms with van der Waals surface area (Å²) in [5.41, 5.74) is 0. The lowest BCUT2D eigenvalue weighted by molar-refractivity contribution is -0.0215. The van der Waals surface area contributed by atoms with Crippen molar-refractivity contribution in [2.45, 2.75) is 11.4 Å². The van der Waals surface area contributed by atoms with Gasteiger partial charge in [0.05, 0.1) is 19.0 Å². The lowest BCUT2D eigenvalue weighted by atomic mass is 10.8. The van der Waals surface area contributed by atoms with Crippen LogP contribution in [0.1, 0.15) is 0 Å². The molecule has 1 aliphatic heterocycles. The van der Waals surface area contributed by atoms with Gasteiger partial charge in [-0.25, -0.2) is 4.98 Å². The van der Waals surface area contributed by atoms with Crippen molar-refractivity contribution < 1.29 is 9.47 Å². The molecule has 4 nitrogen and oxygen atoms in total. The summed E-state index contributed by atoms with van der Waals surface area (Å²) in [5.74, 6) is 0.799. The summed E-state index contributed by atoms with van der Waals surface area (Å²) >= 11 is 1.61. The maximum absolute atomic E-state index is 5.27. The van der Waals surface area contributed by atoms with Crippen molar-refractivity contribution >= 4 is 11.8 Å². The zero-order chi connectivity index (χ0) is 8.23. The van der Waals surface area contributed by atoms with Gasteiger partial charge < -0.3 is 14.5 Å². The quantitative estimate of drug-likeness (QED) is 0.712. The monoisotopic (exact) mass is 186 g/mol. The lowest BCUT2D eigenvalue weighted by Crippen LogP contribution is -2.10. The summed E-state index contributed by atoms with van der Waals surface area (Å²) in [7, 11) is 0. The third-order valence-electron chi connectivity index (χ3n) is 1.52. The van der Waals surface area contributed by atoms with Gasteiger partial charge in [-0.15, -0.1) is 0 Å². The second-order valence-corrected chi connectivity index (χ2v) is 3.39. The summed E-state index contributed by atoms with van der Waals surface area (Å²) in [4.78, 5) is 7.08. The molecule has 0 bridgehead atoms. The van der Waals surface area contributed by atoms with E-state index in [1.165, 1.54) is 0 Å². The maximum atomic E-state index is 5.27. The van der Waals surface area contributed by atoms with Crippen molar-refractivity contribution in [3.8, 4) is 0 Å². The van der Waals surface area contributed by atoms with Gasteiger partial charge in [0.25, 0.3) is 0 Å². The second kappa shape index (κ2) is 3.93. The van der Waals surface area contributed by atoms with Crippen LogP contribution in [0.15, 0.2) is 17.6 Å². The van der Waals surface area contributed by atoms with E-state index in [0.29, 0.717) is 13.2 Å². The molecule has 1 aliphatic rings. The predicted octanol–water partition coefficient (Wildman–Crippen LogP) is 0.875. The zero-order valence-corrected chi connectivity index (χ0v) is 7.34. The van der Waals surface area contributed by atoms with E-state index in [0.717, 1.165) is 10.9 Å². The molecule has 0 aromatic carbocycles. The molecule has 66 valence electrons. The minimum absolute atomic E-state index is 0.0555. The third-order valence-corrected chi connectivity index (χ3v) is 2.46. The Labute approximate surface area is 74.7 Å². The highest BCUT2D eigenvalue weighted by Gasteiger charge is 2.16. The average molecular weight is 186 g/mol. The van der Waals surface area contributed by atoms with Gasteiger partial charge in [-0.3, -0.25) is 0 Å². The Morgan fingerprint density at radius 2 is 2.42 bits per heavy atom. The van der Waals surface area contributed by atoms with Crippen molar-refractivity contribution in [3.05, 3.63) is 12.4 Å². The lowest BCUT2D eigenvalue weighted by Gasteiger charge is -2.05. The Morgan fingerprint density at radius 1 is 1.58 bits per heavy atom. The highest BCUT2D eigenvalue weighted by atomic mass is 32.2. The fourth-order valence-corrected chi connectivity index (χ4v) is 1.75. The Bertz CT molecular complexity index is 221. The number of rotatable bonds is 3. The van der Waals surface area contributed by atoms with E-state index in [9.17, 15) is 0 Å². The van der Waals surface area contributed by atoms with E-state index in [2.05, 4.69) is 9.97 Å². The Kier molecular flexibility index (Phi) is 2.65. The predicted molar refractivity (Wildman–Crippen MR) is 45.0 cm³/mol. The van der Waals surface area contributed by atoms with Crippen molar-refractivity contribution in [3.63, 3.8) is 0 Å². The molecule has 0 aliphatic carbocycles. The van der Waals surface area contributed by atoms with Gasteiger partial charge in [0.2, 0.25) is 0 Å². The highest BCUT2D eigenvalue weighted by molar-refractivity contribution is 7.99. The number of ether oxygens (including phenoxy) is 2. The number of aromatic amines is 1. The molecule has 1 fully saturated rings. The van der Waals surface area contributed by atoms with Gasteiger partial charge in [-0.2, -0.15) is 0 Å². The number of hydrogen-bond donors (Lipinski definition) is 1. The third kappa shape index (κ3) is 2.00. The smallest absolute Gasteiger partial charge is 0.167 e. The van der Waals surface area contributed by atoms with Crippen LogP contribution in [0.3, 0.4) is 0 Å². The summed E-state index contributed by atoms with van der Waals surface area (Å²) in [6.45, 7) is 1.42. The first-order chi connectivity index (χ1) is 5.95. The molecule has 2 rings (SSSR count). The second-order valence-electron chi connectivity index (χ2n) is 2.38. The van der Waals surface area contributed by atoms with Gasteiger partial charge in [0.15, 0.2) is 11.4 Å². The fraction of sp³-hybridized carbons (Fsp3) is 0.571. The molecule has 12 heavy (non-hydrogen) atoms. The number of aromatic nitrogens is 2. The minimum atomic E-state index is -0.0555. The number of imidazole rings is 1. The van der Waals surface area contributed by atoms with Crippen LogP contribution in [0.5, 0.6) is 0 Å². The van der Waals surface area contributed by atoms with Crippen molar-refractivity contribution in [2.75, 3.05) is 19.0 Å². The molecular weight excluding hydrogens is 176 g/mol. The molecule has 0 unspecified atom stereocenters. The molecule has 0 saturated carbocycles. The molecule has 2 heterocycles. The van der Waals surface area contributed by atoms with E-state index >= 15 is 0 Å². The molecule has 1 N–H and O–H groups in total. The number of thioether (sulfide) groups is 1. The van der Waals surface area contributed by atoms with E-state index < -0.39 is 0 Å². The zero-order valence-electron chi connectivity index (χ0n) is 6.53. The molecule has 1 aromatic heterocycles. The minimum Gasteiger partial charge on any atom is -0.349 e. The number of nitrogens with one attached hydrogen (secondary N) is 1. The van der Waals surface area contributed by atoms with Crippen LogP contribution in [0.25, 0.3) is 0 Å². The molecule has 1 saturated heterocycles. The van der Waals surface area contributed by atoms with Crippen LogP contribution in [0.4, 0.5) is 0 Å². The average Bonchev–Trinajstić information content (AvgIpc) is 2.74. The molecule has 1 aromatic rings. The van der Waals surface area contributed by atoms with Crippen LogP contribution >= 0.6 is 11.8 Å². The van der Waals surface area contributed by atoms with Crippen molar-refractivity contribution in [1.82, 2.24) is 9.97 Å². The number of hydrogen-bond acceptors (Lipinski definition) is 4. The molecule has 5 heteroatoms. The van der Waals surface area contributed by atoms with E-state index in [-0.39, 0.29) is 6.29 Å².